The van der Waals surface area contributed by atoms with Crippen molar-refractivity contribution in [1.29, 1.82) is 0 Å². The van der Waals surface area contributed by atoms with E-state index in [0.29, 0.717) is 35.8 Å². The molecule has 1 amide bonds. The highest BCUT2D eigenvalue weighted by molar-refractivity contribution is 6.03. The van der Waals surface area contributed by atoms with Gasteiger partial charge in [0.05, 0.1) is 18.1 Å². The Bertz CT molecular complexity index is 1020. The standard InChI is InChI=1S/C19H18N4O6/c1-3-27-15-10-7-13(11-16(15)28-4-2)17(24)20-19-22-21-18(29-19)12-5-8-14(9-6-12)23(25)26/h5-11H,3-4H2,1-2H3,(H,20,22,24). The van der Waals surface area contributed by atoms with Crippen LogP contribution in [-0.4, -0.2) is 34.2 Å². The molecule has 0 atom stereocenters. The highest BCUT2D eigenvalue weighted by Crippen LogP contribution is 2.29. The molecular formula is C19H18N4O6. The number of hydrogen-bond donors (Lipinski definition) is 1. The Morgan fingerprint density at radius 3 is 2.41 bits per heavy atom. The van der Waals surface area contributed by atoms with Gasteiger partial charge in [0.25, 0.3) is 11.6 Å². The van der Waals surface area contributed by atoms with Crippen molar-refractivity contribution in [3.8, 4) is 23.0 Å². The molecule has 2 aromatic carbocycles. The number of rotatable bonds is 8. The fourth-order valence-corrected chi connectivity index (χ4v) is 2.48. The number of carbonyl (C=O) groups excluding carboxylic acids is 1. The predicted octanol–water partition coefficient (Wildman–Crippen LogP) is 3.69. The number of aromatic nitrogens is 2. The molecule has 29 heavy (non-hydrogen) atoms. The number of ether oxygens (including phenoxy) is 2. The third-order valence-corrected chi connectivity index (χ3v) is 3.78. The van der Waals surface area contributed by atoms with Crippen LogP contribution in [0.25, 0.3) is 11.5 Å². The van der Waals surface area contributed by atoms with Gasteiger partial charge in [0.1, 0.15) is 0 Å². The van der Waals surface area contributed by atoms with Crippen molar-refractivity contribution in [2.45, 2.75) is 13.8 Å². The molecule has 0 bridgehead atoms. The molecule has 10 nitrogen and oxygen atoms in total. The van der Waals surface area contributed by atoms with Gasteiger partial charge in [-0.1, -0.05) is 5.10 Å². The number of carbonyl (C=O) groups is 1. The molecule has 0 unspecified atom stereocenters. The summed E-state index contributed by atoms with van der Waals surface area (Å²) in [6.45, 7) is 4.58. The molecular weight excluding hydrogens is 380 g/mol. The molecule has 0 aliphatic rings. The molecule has 10 heteroatoms. The highest BCUT2D eigenvalue weighted by atomic mass is 16.6. The summed E-state index contributed by atoms with van der Waals surface area (Å²) in [5.41, 5.74) is 0.762. The van der Waals surface area contributed by atoms with Gasteiger partial charge in [0.2, 0.25) is 5.89 Å². The number of nitro benzene ring substituents is 1. The van der Waals surface area contributed by atoms with Gasteiger partial charge in [-0.3, -0.25) is 20.2 Å². The van der Waals surface area contributed by atoms with Crippen LogP contribution in [0.15, 0.2) is 46.9 Å². The van der Waals surface area contributed by atoms with Gasteiger partial charge in [0.15, 0.2) is 11.5 Å². The SMILES string of the molecule is CCOc1ccc(C(=O)Nc2nnc(-c3ccc([N+](=O)[O-])cc3)o2)cc1OCC. The maximum Gasteiger partial charge on any atom is 0.322 e. The van der Waals surface area contributed by atoms with Crippen LogP contribution in [0.4, 0.5) is 11.7 Å². The van der Waals surface area contributed by atoms with Gasteiger partial charge in [-0.2, -0.15) is 0 Å². The Balaban J connectivity index is 1.74. The number of non-ortho nitro benzene ring substituents is 1. The number of benzene rings is 2. The highest BCUT2D eigenvalue weighted by Gasteiger charge is 2.16. The fourth-order valence-electron chi connectivity index (χ4n) is 2.48. The number of hydrogen-bond acceptors (Lipinski definition) is 8. The van der Waals surface area contributed by atoms with Crippen molar-refractivity contribution in [2.75, 3.05) is 18.5 Å². The molecule has 0 radical (unpaired) electrons. The van der Waals surface area contributed by atoms with E-state index in [9.17, 15) is 14.9 Å². The van der Waals surface area contributed by atoms with E-state index in [0.717, 1.165) is 0 Å². The third kappa shape index (κ3) is 4.67. The van der Waals surface area contributed by atoms with Crippen molar-refractivity contribution < 1.29 is 23.6 Å². The van der Waals surface area contributed by atoms with Gasteiger partial charge in [0, 0.05) is 23.3 Å². The molecule has 0 aliphatic carbocycles. The first kappa shape index (κ1) is 19.8. The smallest absolute Gasteiger partial charge is 0.322 e. The number of nitrogens with zero attached hydrogens (tertiary/aromatic N) is 3. The Kier molecular flexibility index (Phi) is 6.03. The maximum atomic E-state index is 12.5. The monoisotopic (exact) mass is 398 g/mol. The zero-order chi connectivity index (χ0) is 20.8. The van der Waals surface area contributed by atoms with E-state index in [-0.39, 0.29) is 17.6 Å². The van der Waals surface area contributed by atoms with Gasteiger partial charge < -0.3 is 13.9 Å². The second-order valence-corrected chi connectivity index (χ2v) is 5.70. The topological polar surface area (TPSA) is 130 Å². The van der Waals surface area contributed by atoms with Crippen LogP contribution < -0.4 is 14.8 Å². The van der Waals surface area contributed by atoms with Crippen LogP contribution in [0.2, 0.25) is 0 Å². The van der Waals surface area contributed by atoms with Crippen LogP contribution in [0.3, 0.4) is 0 Å². The van der Waals surface area contributed by atoms with Gasteiger partial charge in [-0.15, -0.1) is 5.10 Å². The molecule has 0 spiro atoms. The van der Waals surface area contributed by atoms with Crippen LogP contribution in [0.5, 0.6) is 11.5 Å². The summed E-state index contributed by atoms with van der Waals surface area (Å²) in [4.78, 5) is 22.7. The Labute approximate surface area is 165 Å². The minimum absolute atomic E-state index is 0.0533. The van der Waals surface area contributed by atoms with Crippen LogP contribution >= 0.6 is 0 Å². The summed E-state index contributed by atoms with van der Waals surface area (Å²) in [7, 11) is 0. The normalized spacial score (nSPS) is 10.4. The van der Waals surface area contributed by atoms with Gasteiger partial charge in [-0.05, 0) is 44.2 Å². The number of amides is 1. The lowest BCUT2D eigenvalue weighted by Crippen LogP contribution is -2.12. The summed E-state index contributed by atoms with van der Waals surface area (Å²) < 4.78 is 16.4. The quantitative estimate of drug-likeness (QED) is 0.449. The Morgan fingerprint density at radius 1 is 1.07 bits per heavy atom. The molecule has 0 saturated carbocycles. The molecule has 1 aromatic heterocycles. The summed E-state index contributed by atoms with van der Waals surface area (Å²) in [6.07, 6.45) is 0. The second kappa shape index (κ2) is 8.83. The molecule has 1 N–H and O–H groups in total. The summed E-state index contributed by atoms with van der Waals surface area (Å²) in [5.74, 6) is 0.660. The van der Waals surface area contributed by atoms with Crippen molar-refractivity contribution in [3.63, 3.8) is 0 Å². The van der Waals surface area contributed by atoms with E-state index in [2.05, 4.69) is 15.5 Å². The number of nitro groups is 1. The Hall–Kier alpha value is -3.95. The lowest BCUT2D eigenvalue weighted by Gasteiger charge is -2.11. The van der Waals surface area contributed by atoms with Crippen molar-refractivity contribution in [1.82, 2.24) is 10.2 Å². The summed E-state index contributed by atoms with van der Waals surface area (Å²) in [5, 5.41) is 20.9. The summed E-state index contributed by atoms with van der Waals surface area (Å²) in [6, 6.07) is 10.3. The molecule has 0 fully saturated rings. The molecule has 150 valence electrons. The first-order valence-corrected chi connectivity index (χ1v) is 8.81. The van der Waals surface area contributed by atoms with E-state index < -0.39 is 10.8 Å². The lowest BCUT2D eigenvalue weighted by atomic mass is 10.2. The van der Waals surface area contributed by atoms with E-state index in [1.165, 1.54) is 24.3 Å². The van der Waals surface area contributed by atoms with Crippen molar-refractivity contribution in [2.24, 2.45) is 0 Å². The molecule has 3 aromatic rings. The third-order valence-electron chi connectivity index (χ3n) is 3.78. The predicted molar refractivity (Wildman–Crippen MR) is 103 cm³/mol. The largest absolute Gasteiger partial charge is 0.490 e. The van der Waals surface area contributed by atoms with Crippen molar-refractivity contribution >= 4 is 17.6 Å². The first-order valence-electron chi connectivity index (χ1n) is 8.81. The molecule has 1 heterocycles. The molecule has 0 aliphatic heterocycles. The maximum absolute atomic E-state index is 12.5. The minimum atomic E-state index is -0.503. The average Bonchev–Trinajstić information content (AvgIpc) is 3.18. The van der Waals surface area contributed by atoms with Crippen LogP contribution in [0.1, 0.15) is 24.2 Å². The zero-order valence-corrected chi connectivity index (χ0v) is 15.7. The molecule has 0 saturated heterocycles. The zero-order valence-electron chi connectivity index (χ0n) is 15.7. The number of nitrogens with one attached hydrogen (secondary N) is 1. The van der Waals surface area contributed by atoms with Crippen LogP contribution in [0, 0.1) is 10.1 Å². The fraction of sp³-hybridized carbons (Fsp3) is 0.211. The average molecular weight is 398 g/mol. The van der Waals surface area contributed by atoms with E-state index >= 15 is 0 Å². The van der Waals surface area contributed by atoms with E-state index in [1.807, 2.05) is 13.8 Å². The molecule has 3 rings (SSSR count). The lowest BCUT2D eigenvalue weighted by molar-refractivity contribution is -0.384. The first-order chi connectivity index (χ1) is 14.0. The van der Waals surface area contributed by atoms with Gasteiger partial charge >= 0.3 is 6.01 Å². The minimum Gasteiger partial charge on any atom is -0.490 e. The van der Waals surface area contributed by atoms with Gasteiger partial charge in [-0.25, -0.2) is 0 Å². The second-order valence-electron chi connectivity index (χ2n) is 5.70. The van der Waals surface area contributed by atoms with E-state index in [1.54, 1.807) is 18.2 Å². The van der Waals surface area contributed by atoms with Crippen LogP contribution in [-0.2, 0) is 0 Å². The van der Waals surface area contributed by atoms with Crippen molar-refractivity contribution in [3.05, 3.63) is 58.1 Å². The van der Waals surface area contributed by atoms with E-state index in [4.69, 9.17) is 13.9 Å². The summed E-state index contributed by atoms with van der Waals surface area (Å²) >= 11 is 0. The Morgan fingerprint density at radius 2 is 1.76 bits per heavy atom. The number of anilines is 1.